The van der Waals surface area contributed by atoms with Gasteiger partial charge in [0, 0.05) is 24.4 Å². The van der Waals surface area contributed by atoms with Crippen molar-refractivity contribution in [2.45, 2.75) is 12.6 Å². The molecule has 1 aliphatic rings. The van der Waals surface area contributed by atoms with Crippen LogP contribution in [0.25, 0.3) is 5.70 Å². The van der Waals surface area contributed by atoms with Crippen LogP contribution in [-0.4, -0.2) is 44.0 Å². The van der Waals surface area contributed by atoms with E-state index in [1.807, 2.05) is 23.1 Å². The van der Waals surface area contributed by atoms with Crippen LogP contribution in [0.2, 0.25) is 0 Å². The van der Waals surface area contributed by atoms with E-state index in [1.165, 1.54) is 0 Å². The van der Waals surface area contributed by atoms with E-state index in [4.69, 9.17) is 4.74 Å². The zero-order valence-corrected chi connectivity index (χ0v) is 12.2. The van der Waals surface area contributed by atoms with Gasteiger partial charge >= 0.3 is 0 Å². The zero-order chi connectivity index (χ0) is 15.4. The Kier molecular flexibility index (Phi) is 4.59. The second-order valence-electron chi connectivity index (χ2n) is 4.82. The number of fused-ring (bicyclic) bond motifs is 1. The third-order valence-electron chi connectivity index (χ3n) is 3.64. The molecule has 0 saturated carbocycles. The standard InChI is InChI=1S/C15H19N3O3/c1-10-13-6-12(21-3)5-4-11(13)7-18(10)8-14(16-2)15(20)17-9-19/h4-6,9,14,16H,1,7-8H2,2-3H3,(H,17,19,20). The van der Waals surface area contributed by atoms with Crippen molar-refractivity contribution in [3.63, 3.8) is 0 Å². The first-order valence-corrected chi connectivity index (χ1v) is 6.63. The van der Waals surface area contributed by atoms with Crippen LogP contribution in [0, 0.1) is 0 Å². The average molecular weight is 289 g/mol. The van der Waals surface area contributed by atoms with E-state index >= 15 is 0 Å². The van der Waals surface area contributed by atoms with Crippen molar-refractivity contribution in [1.82, 2.24) is 15.5 Å². The van der Waals surface area contributed by atoms with Crippen molar-refractivity contribution < 1.29 is 14.3 Å². The van der Waals surface area contributed by atoms with Gasteiger partial charge in [-0.05, 0) is 24.7 Å². The Morgan fingerprint density at radius 1 is 1.57 bits per heavy atom. The first-order valence-electron chi connectivity index (χ1n) is 6.63. The van der Waals surface area contributed by atoms with Crippen LogP contribution in [0.1, 0.15) is 11.1 Å². The molecule has 1 heterocycles. The number of hydrogen-bond acceptors (Lipinski definition) is 5. The fourth-order valence-electron chi connectivity index (χ4n) is 2.42. The van der Waals surface area contributed by atoms with Crippen molar-refractivity contribution in [1.29, 1.82) is 0 Å². The van der Waals surface area contributed by atoms with Gasteiger partial charge in [-0.1, -0.05) is 12.6 Å². The number of imide groups is 1. The summed E-state index contributed by atoms with van der Waals surface area (Å²) in [5.41, 5.74) is 3.02. The van der Waals surface area contributed by atoms with E-state index in [0.29, 0.717) is 19.5 Å². The summed E-state index contributed by atoms with van der Waals surface area (Å²) in [6.07, 6.45) is 0.394. The summed E-state index contributed by atoms with van der Waals surface area (Å²) < 4.78 is 5.22. The number of rotatable bonds is 6. The number of likely N-dealkylation sites (N-methyl/N-ethyl adjacent to an activating group) is 1. The van der Waals surface area contributed by atoms with Gasteiger partial charge in [-0.15, -0.1) is 0 Å². The molecule has 2 N–H and O–H groups in total. The van der Waals surface area contributed by atoms with Crippen molar-refractivity contribution >= 4 is 18.0 Å². The van der Waals surface area contributed by atoms with Crippen molar-refractivity contribution in [3.8, 4) is 5.75 Å². The molecule has 21 heavy (non-hydrogen) atoms. The summed E-state index contributed by atoms with van der Waals surface area (Å²) in [4.78, 5) is 24.2. The highest BCUT2D eigenvalue weighted by atomic mass is 16.5. The molecule has 1 aliphatic heterocycles. The molecule has 2 rings (SSSR count). The minimum Gasteiger partial charge on any atom is -0.497 e. The monoisotopic (exact) mass is 289 g/mol. The minimum atomic E-state index is -0.483. The fourth-order valence-corrected chi connectivity index (χ4v) is 2.42. The SMILES string of the molecule is C=C1c2cc(OC)ccc2CN1CC(NC)C(=O)NC=O. The second-order valence-corrected chi connectivity index (χ2v) is 4.82. The molecule has 0 aliphatic carbocycles. The molecule has 2 amide bonds. The van der Waals surface area contributed by atoms with Gasteiger partial charge in [0.2, 0.25) is 12.3 Å². The lowest BCUT2D eigenvalue weighted by Gasteiger charge is -2.24. The summed E-state index contributed by atoms with van der Waals surface area (Å²) in [6.45, 7) is 5.21. The lowest BCUT2D eigenvalue weighted by atomic mass is 10.1. The number of methoxy groups -OCH3 is 1. The van der Waals surface area contributed by atoms with Crippen LogP contribution in [0.4, 0.5) is 0 Å². The molecule has 1 aromatic carbocycles. The van der Waals surface area contributed by atoms with Gasteiger partial charge in [0.1, 0.15) is 11.8 Å². The van der Waals surface area contributed by atoms with E-state index in [-0.39, 0.29) is 5.91 Å². The number of carbonyl (C=O) groups excluding carboxylic acids is 2. The summed E-state index contributed by atoms with van der Waals surface area (Å²) >= 11 is 0. The smallest absolute Gasteiger partial charge is 0.245 e. The van der Waals surface area contributed by atoms with Gasteiger partial charge in [-0.25, -0.2) is 0 Å². The molecule has 0 saturated heterocycles. The Morgan fingerprint density at radius 2 is 2.33 bits per heavy atom. The zero-order valence-electron chi connectivity index (χ0n) is 12.2. The quantitative estimate of drug-likeness (QED) is 0.739. The third kappa shape index (κ3) is 3.05. The largest absolute Gasteiger partial charge is 0.497 e. The van der Waals surface area contributed by atoms with Crippen LogP contribution in [0.3, 0.4) is 0 Å². The molecule has 6 heteroatoms. The Balaban J connectivity index is 2.12. The minimum absolute atomic E-state index is 0.353. The van der Waals surface area contributed by atoms with Crippen LogP contribution in [0.15, 0.2) is 24.8 Å². The van der Waals surface area contributed by atoms with Crippen LogP contribution in [0.5, 0.6) is 5.75 Å². The van der Waals surface area contributed by atoms with Crippen molar-refractivity contribution in [2.24, 2.45) is 0 Å². The van der Waals surface area contributed by atoms with Gasteiger partial charge in [0.15, 0.2) is 0 Å². The number of amides is 2. The predicted molar refractivity (Wildman–Crippen MR) is 79.5 cm³/mol. The molecule has 0 aromatic heterocycles. The van der Waals surface area contributed by atoms with Gasteiger partial charge < -0.3 is 15.0 Å². The van der Waals surface area contributed by atoms with Gasteiger partial charge in [-0.3, -0.25) is 14.9 Å². The van der Waals surface area contributed by atoms with Crippen LogP contribution in [-0.2, 0) is 16.1 Å². The maximum atomic E-state index is 11.8. The Morgan fingerprint density at radius 3 is 2.95 bits per heavy atom. The first-order chi connectivity index (χ1) is 10.1. The molecule has 0 spiro atoms. The van der Waals surface area contributed by atoms with Crippen molar-refractivity contribution in [2.75, 3.05) is 20.7 Å². The second kappa shape index (κ2) is 6.41. The number of nitrogens with one attached hydrogen (secondary N) is 2. The topological polar surface area (TPSA) is 70.7 Å². The Hall–Kier alpha value is -2.34. The number of hydrogen-bond donors (Lipinski definition) is 2. The maximum absolute atomic E-state index is 11.8. The highest BCUT2D eigenvalue weighted by molar-refractivity contribution is 5.90. The van der Waals surface area contributed by atoms with Gasteiger partial charge in [-0.2, -0.15) is 0 Å². The molecule has 0 bridgehead atoms. The van der Waals surface area contributed by atoms with E-state index in [1.54, 1.807) is 14.2 Å². The number of ether oxygens (including phenoxy) is 1. The predicted octanol–water partition coefficient (Wildman–Crippen LogP) is 0.342. The number of carbonyl (C=O) groups is 2. The third-order valence-corrected chi connectivity index (χ3v) is 3.64. The molecule has 1 unspecified atom stereocenters. The summed E-state index contributed by atoms with van der Waals surface area (Å²) in [6, 6.07) is 5.37. The van der Waals surface area contributed by atoms with E-state index < -0.39 is 6.04 Å². The maximum Gasteiger partial charge on any atom is 0.245 e. The van der Waals surface area contributed by atoms with E-state index in [2.05, 4.69) is 17.2 Å². The highest BCUT2D eigenvalue weighted by Gasteiger charge is 2.27. The summed E-state index contributed by atoms with van der Waals surface area (Å²) in [5, 5.41) is 5.07. The fraction of sp³-hybridized carbons (Fsp3) is 0.333. The lowest BCUT2D eigenvalue weighted by molar-refractivity contribution is -0.127. The molecule has 0 fully saturated rings. The summed E-state index contributed by atoms with van der Waals surface area (Å²) in [7, 11) is 3.31. The Bertz CT molecular complexity index is 571. The number of benzene rings is 1. The van der Waals surface area contributed by atoms with Crippen LogP contribution >= 0.6 is 0 Å². The highest BCUT2D eigenvalue weighted by Crippen LogP contribution is 2.33. The molecule has 112 valence electrons. The number of nitrogens with zero attached hydrogens (tertiary/aromatic N) is 1. The van der Waals surface area contributed by atoms with Crippen molar-refractivity contribution in [3.05, 3.63) is 35.9 Å². The normalized spacial score (nSPS) is 14.6. The molecular weight excluding hydrogens is 270 g/mol. The Labute approximate surface area is 123 Å². The van der Waals surface area contributed by atoms with E-state index in [0.717, 1.165) is 22.6 Å². The van der Waals surface area contributed by atoms with Gasteiger partial charge in [0.05, 0.1) is 7.11 Å². The van der Waals surface area contributed by atoms with Crippen LogP contribution < -0.4 is 15.4 Å². The molecule has 1 aromatic rings. The molecule has 1 atom stereocenters. The molecule has 6 nitrogen and oxygen atoms in total. The van der Waals surface area contributed by atoms with Gasteiger partial charge in [0.25, 0.3) is 0 Å². The van der Waals surface area contributed by atoms with E-state index in [9.17, 15) is 9.59 Å². The first kappa shape index (κ1) is 15.1. The molecule has 0 radical (unpaired) electrons. The molecular formula is C15H19N3O3. The average Bonchev–Trinajstić information content (AvgIpc) is 2.80. The lowest BCUT2D eigenvalue weighted by Crippen LogP contribution is -2.48. The summed E-state index contributed by atoms with van der Waals surface area (Å²) in [5.74, 6) is 0.425.